The van der Waals surface area contributed by atoms with E-state index >= 15 is 0 Å². The Morgan fingerprint density at radius 2 is 2.35 bits per heavy atom. The van der Waals surface area contributed by atoms with Gasteiger partial charge in [0.25, 0.3) is 0 Å². The molecule has 7 heteroatoms. The Labute approximate surface area is 154 Å². The van der Waals surface area contributed by atoms with Crippen LogP contribution in [0.1, 0.15) is 24.2 Å². The van der Waals surface area contributed by atoms with Gasteiger partial charge in [0.1, 0.15) is 11.9 Å². The zero-order chi connectivity index (χ0) is 18.4. The first-order valence-electron chi connectivity index (χ1n) is 8.96. The van der Waals surface area contributed by atoms with Gasteiger partial charge in [0, 0.05) is 31.9 Å². The van der Waals surface area contributed by atoms with Gasteiger partial charge < -0.3 is 19.7 Å². The Morgan fingerprint density at radius 3 is 3.08 bits per heavy atom. The number of benzene rings is 1. The van der Waals surface area contributed by atoms with Gasteiger partial charge in [-0.05, 0) is 24.6 Å². The maximum atomic E-state index is 5.93. The highest BCUT2D eigenvalue weighted by atomic mass is 16.5. The summed E-state index contributed by atoms with van der Waals surface area (Å²) in [5.41, 5.74) is 2.22. The summed E-state index contributed by atoms with van der Waals surface area (Å²) >= 11 is 0. The minimum atomic E-state index is 0.0122. The standard InChI is InChI=1S/C19H27N5O2/c1-4-20-19(21-11-15-6-5-7-17(10-15)25-3)24-8-9-26-18(14-24)16-12-22-23(2)13-16/h5-7,10,12-13,18H,4,8-9,11,14H2,1-3H3,(H,20,21). The van der Waals surface area contributed by atoms with Crippen molar-refractivity contribution in [2.45, 2.75) is 19.6 Å². The molecule has 1 saturated heterocycles. The van der Waals surface area contributed by atoms with Crippen molar-refractivity contribution >= 4 is 5.96 Å². The van der Waals surface area contributed by atoms with Crippen molar-refractivity contribution < 1.29 is 9.47 Å². The fourth-order valence-electron chi connectivity index (χ4n) is 3.01. The molecule has 26 heavy (non-hydrogen) atoms. The number of hydrogen-bond acceptors (Lipinski definition) is 4. The number of nitrogens with zero attached hydrogens (tertiary/aromatic N) is 4. The van der Waals surface area contributed by atoms with E-state index in [1.807, 2.05) is 37.6 Å². The lowest BCUT2D eigenvalue weighted by atomic mass is 10.1. The van der Waals surface area contributed by atoms with E-state index in [1.54, 1.807) is 11.8 Å². The fraction of sp³-hybridized carbons (Fsp3) is 0.474. The third-order valence-electron chi connectivity index (χ3n) is 4.34. The van der Waals surface area contributed by atoms with Crippen LogP contribution < -0.4 is 10.1 Å². The van der Waals surface area contributed by atoms with Crippen LogP contribution in [0.4, 0.5) is 0 Å². The van der Waals surface area contributed by atoms with Gasteiger partial charge in [-0.15, -0.1) is 0 Å². The van der Waals surface area contributed by atoms with Crippen LogP contribution >= 0.6 is 0 Å². The van der Waals surface area contributed by atoms with E-state index in [0.717, 1.165) is 42.5 Å². The Morgan fingerprint density at radius 1 is 1.46 bits per heavy atom. The van der Waals surface area contributed by atoms with Gasteiger partial charge in [0.2, 0.25) is 0 Å². The van der Waals surface area contributed by atoms with E-state index in [0.29, 0.717) is 13.2 Å². The summed E-state index contributed by atoms with van der Waals surface area (Å²) < 4.78 is 13.0. The molecule has 0 saturated carbocycles. The Hall–Kier alpha value is -2.54. The van der Waals surface area contributed by atoms with Gasteiger partial charge in [-0.1, -0.05) is 12.1 Å². The first kappa shape index (κ1) is 18.3. The second-order valence-corrected chi connectivity index (χ2v) is 6.27. The lowest BCUT2D eigenvalue weighted by molar-refractivity contribution is -0.00805. The highest BCUT2D eigenvalue weighted by molar-refractivity contribution is 5.80. The second kappa shape index (κ2) is 8.71. The Balaban J connectivity index is 1.71. The molecule has 3 rings (SSSR count). The monoisotopic (exact) mass is 357 g/mol. The second-order valence-electron chi connectivity index (χ2n) is 6.27. The quantitative estimate of drug-likeness (QED) is 0.655. The molecule has 0 spiro atoms. The number of aliphatic imine (C=N–C) groups is 1. The average molecular weight is 357 g/mol. The SMILES string of the molecule is CCNC(=NCc1cccc(OC)c1)N1CCOC(c2cnn(C)c2)C1. The molecule has 0 radical (unpaired) electrons. The molecule has 1 N–H and O–H groups in total. The van der Waals surface area contributed by atoms with E-state index in [9.17, 15) is 0 Å². The van der Waals surface area contributed by atoms with Crippen LogP contribution in [0.3, 0.4) is 0 Å². The summed E-state index contributed by atoms with van der Waals surface area (Å²) in [5.74, 6) is 1.76. The van der Waals surface area contributed by atoms with E-state index in [1.165, 1.54) is 0 Å². The number of morpholine rings is 1. The number of hydrogen-bond donors (Lipinski definition) is 1. The van der Waals surface area contributed by atoms with E-state index in [2.05, 4.69) is 28.3 Å². The molecule has 0 aliphatic carbocycles. The topological polar surface area (TPSA) is 63.9 Å². The van der Waals surface area contributed by atoms with Crippen LogP contribution in [0.5, 0.6) is 5.75 Å². The van der Waals surface area contributed by atoms with Gasteiger partial charge in [-0.3, -0.25) is 4.68 Å². The number of aromatic nitrogens is 2. The number of ether oxygens (including phenoxy) is 2. The zero-order valence-electron chi connectivity index (χ0n) is 15.7. The van der Waals surface area contributed by atoms with E-state index in [4.69, 9.17) is 14.5 Å². The molecule has 1 atom stereocenters. The highest BCUT2D eigenvalue weighted by Gasteiger charge is 2.25. The van der Waals surface area contributed by atoms with Crippen molar-refractivity contribution in [3.05, 3.63) is 47.8 Å². The molecular weight excluding hydrogens is 330 g/mol. The fourth-order valence-corrected chi connectivity index (χ4v) is 3.01. The number of guanidine groups is 1. The molecule has 0 amide bonds. The molecule has 1 aromatic carbocycles. The summed E-state index contributed by atoms with van der Waals surface area (Å²) in [6.45, 7) is 5.76. The molecule has 140 valence electrons. The molecular formula is C19H27N5O2. The first-order valence-corrected chi connectivity index (χ1v) is 8.96. The maximum absolute atomic E-state index is 5.93. The number of aryl methyl sites for hydroxylation is 1. The lowest BCUT2D eigenvalue weighted by Crippen LogP contribution is -2.48. The predicted octanol–water partition coefficient (Wildman–Crippen LogP) is 1.97. The van der Waals surface area contributed by atoms with Crippen LogP contribution in [0.2, 0.25) is 0 Å². The predicted molar refractivity (Wildman–Crippen MR) is 101 cm³/mol. The summed E-state index contributed by atoms with van der Waals surface area (Å²) in [6.07, 6.45) is 3.89. The molecule has 7 nitrogen and oxygen atoms in total. The maximum Gasteiger partial charge on any atom is 0.194 e. The smallest absolute Gasteiger partial charge is 0.194 e. The van der Waals surface area contributed by atoms with E-state index < -0.39 is 0 Å². The molecule has 1 fully saturated rings. The summed E-state index contributed by atoms with van der Waals surface area (Å²) in [6, 6.07) is 8.01. The summed E-state index contributed by atoms with van der Waals surface area (Å²) in [7, 11) is 3.60. The Kier molecular flexibility index (Phi) is 6.12. The largest absolute Gasteiger partial charge is 0.497 e. The van der Waals surface area contributed by atoms with Gasteiger partial charge in [0.05, 0.1) is 33.0 Å². The lowest BCUT2D eigenvalue weighted by Gasteiger charge is -2.34. The van der Waals surface area contributed by atoms with Crippen molar-refractivity contribution in [3.63, 3.8) is 0 Å². The number of rotatable bonds is 5. The minimum Gasteiger partial charge on any atom is -0.497 e. The highest BCUT2D eigenvalue weighted by Crippen LogP contribution is 2.22. The third kappa shape index (κ3) is 4.54. The van der Waals surface area contributed by atoms with Crippen molar-refractivity contribution in [3.8, 4) is 5.75 Å². The molecule has 1 aliphatic heterocycles. The molecule has 0 bridgehead atoms. The van der Waals surface area contributed by atoms with Gasteiger partial charge >= 0.3 is 0 Å². The average Bonchev–Trinajstić information content (AvgIpc) is 3.12. The summed E-state index contributed by atoms with van der Waals surface area (Å²) in [5, 5.41) is 7.65. The van der Waals surface area contributed by atoms with Crippen molar-refractivity contribution in [1.29, 1.82) is 0 Å². The molecule has 1 unspecified atom stereocenters. The van der Waals surface area contributed by atoms with Gasteiger partial charge in [-0.25, -0.2) is 4.99 Å². The van der Waals surface area contributed by atoms with Crippen LogP contribution in [0, 0.1) is 0 Å². The molecule has 1 aromatic heterocycles. The normalized spacial score (nSPS) is 18.0. The first-order chi connectivity index (χ1) is 12.7. The van der Waals surface area contributed by atoms with E-state index in [-0.39, 0.29) is 6.10 Å². The summed E-state index contributed by atoms with van der Waals surface area (Å²) in [4.78, 5) is 7.07. The third-order valence-corrected chi connectivity index (χ3v) is 4.34. The van der Waals surface area contributed by atoms with Crippen molar-refractivity contribution in [2.75, 3.05) is 33.4 Å². The number of nitrogens with one attached hydrogen (secondary N) is 1. The zero-order valence-corrected chi connectivity index (χ0v) is 15.7. The molecule has 2 aromatic rings. The van der Waals surface area contributed by atoms with Crippen molar-refractivity contribution in [1.82, 2.24) is 20.0 Å². The van der Waals surface area contributed by atoms with Crippen LogP contribution in [0.15, 0.2) is 41.7 Å². The van der Waals surface area contributed by atoms with Crippen LogP contribution in [-0.4, -0.2) is 54.0 Å². The van der Waals surface area contributed by atoms with Gasteiger partial charge in [0.15, 0.2) is 5.96 Å². The van der Waals surface area contributed by atoms with Crippen LogP contribution in [0.25, 0.3) is 0 Å². The minimum absolute atomic E-state index is 0.0122. The molecule has 1 aliphatic rings. The van der Waals surface area contributed by atoms with Crippen LogP contribution in [-0.2, 0) is 18.3 Å². The van der Waals surface area contributed by atoms with Crippen molar-refractivity contribution in [2.24, 2.45) is 12.0 Å². The Bertz CT molecular complexity index is 743. The number of methoxy groups -OCH3 is 1. The molecule has 2 heterocycles. The van der Waals surface area contributed by atoms with Gasteiger partial charge in [-0.2, -0.15) is 5.10 Å².